The SMILES string of the molecule is Cn1cncc1C(N)(c1ccc(P(C)(C)=O)cc1)c1ccc2c(c1)c(-c1cccc(Cl)c1)cc(=O)n2C. The van der Waals surface area contributed by atoms with Crippen molar-refractivity contribution in [2.45, 2.75) is 5.54 Å². The van der Waals surface area contributed by atoms with E-state index in [4.69, 9.17) is 17.3 Å². The van der Waals surface area contributed by atoms with Crippen molar-refractivity contribution in [3.63, 3.8) is 0 Å². The van der Waals surface area contributed by atoms with Gasteiger partial charge in [0.1, 0.15) is 12.7 Å². The van der Waals surface area contributed by atoms with Crippen LogP contribution >= 0.6 is 18.7 Å². The third-order valence-electron chi connectivity index (χ3n) is 7.00. The summed E-state index contributed by atoms with van der Waals surface area (Å²) in [6, 6.07) is 22.7. The standard InChI is InChI=1S/C29H28ClN4O2P/c1-33-18-32-17-27(33)29(31,20-8-11-23(12-9-20)37(3,4)36)21-10-13-26-25(15-21)24(16-28(35)34(26)2)19-6-5-7-22(30)14-19/h5-18H,31H2,1-4H3. The highest BCUT2D eigenvalue weighted by Crippen LogP contribution is 2.39. The molecule has 0 saturated carbocycles. The minimum Gasteiger partial charge on any atom is -0.336 e. The molecular formula is C29H28ClN4O2P. The maximum absolute atomic E-state index is 12.8. The summed E-state index contributed by atoms with van der Waals surface area (Å²) in [5, 5.41) is 2.26. The average Bonchev–Trinajstić information content (AvgIpc) is 3.31. The molecule has 1 atom stereocenters. The van der Waals surface area contributed by atoms with Crippen molar-refractivity contribution < 1.29 is 4.57 Å². The zero-order valence-electron chi connectivity index (χ0n) is 21.1. The second-order valence-corrected chi connectivity index (χ2v) is 13.4. The lowest BCUT2D eigenvalue weighted by atomic mass is 9.80. The normalized spacial score (nSPS) is 13.6. The summed E-state index contributed by atoms with van der Waals surface area (Å²) in [5.41, 5.74) is 11.0. The quantitative estimate of drug-likeness (QED) is 0.321. The van der Waals surface area contributed by atoms with Crippen LogP contribution in [0.3, 0.4) is 0 Å². The Morgan fingerprint density at radius 3 is 2.27 bits per heavy atom. The summed E-state index contributed by atoms with van der Waals surface area (Å²) < 4.78 is 16.2. The fourth-order valence-electron chi connectivity index (χ4n) is 4.88. The molecule has 0 amide bonds. The topological polar surface area (TPSA) is 82.9 Å². The van der Waals surface area contributed by atoms with Gasteiger partial charge in [0.05, 0.1) is 23.7 Å². The van der Waals surface area contributed by atoms with Crippen molar-refractivity contribution in [3.05, 3.63) is 118 Å². The first-order valence-corrected chi connectivity index (χ1v) is 14.8. The van der Waals surface area contributed by atoms with Crippen LogP contribution in [0.25, 0.3) is 22.0 Å². The van der Waals surface area contributed by atoms with Gasteiger partial charge in [-0.15, -0.1) is 0 Å². The van der Waals surface area contributed by atoms with E-state index in [9.17, 15) is 9.36 Å². The fraction of sp³-hybridized carbons (Fsp3) is 0.172. The van der Waals surface area contributed by atoms with Gasteiger partial charge in [-0.2, -0.15) is 0 Å². The molecule has 2 aromatic heterocycles. The third-order valence-corrected chi connectivity index (χ3v) is 8.78. The highest BCUT2D eigenvalue weighted by Gasteiger charge is 2.35. The summed E-state index contributed by atoms with van der Waals surface area (Å²) in [7, 11) is 1.25. The summed E-state index contributed by atoms with van der Waals surface area (Å²) in [6.07, 6.45) is 3.49. The molecule has 3 aromatic carbocycles. The van der Waals surface area contributed by atoms with E-state index >= 15 is 0 Å². The molecule has 0 aliphatic carbocycles. The lowest BCUT2D eigenvalue weighted by Crippen LogP contribution is -2.41. The summed E-state index contributed by atoms with van der Waals surface area (Å²) in [4.78, 5) is 17.2. The van der Waals surface area contributed by atoms with Crippen molar-refractivity contribution in [2.75, 3.05) is 13.3 Å². The first-order chi connectivity index (χ1) is 17.5. The van der Waals surface area contributed by atoms with E-state index in [1.165, 1.54) is 0 Å². The highest BCUT2D eigenvalue weighted by molar-refractivity contribution is 7.70. The molecule has 8 heteroatoms. The molecule has 0 saturated heterocycles. The molecule has 0 fully saturated rings. The molecule has 0 aliphatic heterocycles. The Balaban J connectivity index is 1.81. The van der Waals surface area contributed by atoms with Crippen LogP contribution in [0.1, 0.15) is 16.8 Å². The molecule has 188 valence electrons. The predicted octanol–water partition coefficient (Wildman–Crippen LogP) is 5.09. The first-order valence-electron chi connectivity index (χ1n) is 11.8. The van der Waals surface area contributed by atoms with Crippen LogP contribution in [0.2, 0.25) is 5.02 Å². The highest BCUT2D eigenvalue weighted by atomic mass is 35.5. The van der Waals surface area contributed by atoms with Crippen LogP contribution < -0.4 is 16.6 Å². The van der Waals surface area contributed by atoms with E-state index < -0.39 is 12.7 Å². The number of benzene rings is 3. The number of fused-ring (bicyclic) bond motifs is 1. The van der Waals surface area contributed by atoms with E-state index in [0.29, 0.717) is 5.02 Å². The summed E-state index contributed by atoms with van der Waals surface area (Å²) in [6.45, 7) is 3.51. The van der Waals surface area contributed by atoms with Crippen molar-refractivity contribution in [3.8, 4) is 11.1 Å². The number of hydrogen-bond donors (Lipinski definition) is 1. The Hall–Kier alpha value is -3.44. The molecular weight excluding hydrogens is 503 g/mol. The first kappa shape index (κ1) is 25.2. The number of aromatic nitrogens is 3. The maximum atomic E-state index is 12.8. The Morgan fingerprint density at radius 1 is 0.946 bits per heavy atom. The number of aryl methyl sites for hydroxylation is 2. The van der Waals surface area contributed by atoms with Gasteiger partial charge < -0.3 is 19.4 Å². The lowest BCUT2D eigenvalue weighted by Gasteiger charge is -2.32. The molecule has 2 heterocycles. The van der Waals surface area contributed by atoms with Gasteiger partial charge in [0.25, 0.3) is 5.56 Å². The Morgan fingerprint density at radius 2 is 1.65 bits per heavy atom. The van der Waals surface area contributed by atoms with Crippen LogP contribution in [-0.2, 0) is 24.2 Å². The fourth-order valence-corrected chi connectivity index (χ4v) is 5.94. The van der Waals surface area contributed by atoms with Gasteiger partial charge in [0.15, 0.2) is 0 Å². The molecule has 0 radical (unpaired) electrons. The van der Waals surface area contributed by atoms with E-state index in [-0.39, 0.29) is 5.56 Å². The smallest absolute Gasteiger partial charge is 0.251 e. The molecule has 0 aliphatic rings. The molecule has 0 bridgehead atoms. The monoisotopic (exact) mass is 530 g/mol. The molecule has 5 aromatic rings. The number of imidazole rings is 1. The predicted molar refractivity (Wildman–Crippen MR) is 152 cm³/mol. The van der Waals surface area contributed by atoms with Crippen LogP contribution in [-0.4, -0.2) is 27.4 Å². The van der Waals surface area contributed by atoms with Crippen LogP contribution in [0, 0.1) is 0 Å². The van der Waals surface area contributed by atoms with E-state index in [1.54, 1.807) is 43.5 Å². The number of hydrogen-bond acceptors (Lipinski definition) is 4. The number of nitrogens with zero attached hydrogens (tertiary/aromatic N) is 3. The van der Waals surface area contributed by atoms with E-state index in [2.05, 4.69) is 4.98 Å². The van der Waals surface area contributed by atoms with E-state index in [1.807, 2.05) is 78.3 Å². The van der Waals surface area contributed by atoms with Gasteiger partial charge in [-0.05, 0) is 59.8 Å². The molecule has 0 spiro atoms. The molecule has 6 nitrogen and oxygen atoms in total. The van der Waals surface area contributed by atoms with Gasteiger partial charge in [0, 0.05) is 35.9 Å². The Bertz CT molecular complexity index is 1750. The number of rotatable bonds is 5. The molecule has 5 rings (SSSR count). The number of pyridine rings is 1. The Kier molecular flexibility index (Phi) is 6.23. The van der Waals surface area contributed by atoms with Crippen LogP contribution in [0.5, 0.6) is 0 Å². The van der Waals surface area contributed by atoms with Gasteiger partial charge in [0.2, 0.25) is 0 Å². The largest absolute Gasteiger partial charge is 0.336 e. The van der Waals surface area contributed by atoms with Gasteiger partial charge in [-0.25, -0.2) is 4.98 Å². The zero-order chi connectivity index (χ0) is 26.5. The minimum atomic E-state index is -2.42. The zero-order valence-corrected chi connectivity index (χ0v) is 22.8. The maximum Gasteiger partial charge on any atom is 0.251 e. The van der Waals surface area contributed by atoms with Crippen molar-refractivity contribution in [1.82, 2.24) is 14.1 Å². The second kappa shape index (κ2) is 9.14. The lowest BCUT2D eigenvalue weighted by molar-refractivity contribution is 0.588. The summed E-state index contributed by atoms with van der Waals surface area (Å²) in [5.74, 6) is 0. The number of nitrogens with two attached hydrogens (primary N) is 1. The van der Waals surface area contributed by atoms with Gasteiger partial charge >= 0.3 is 0 Å². The summed E-state index contributed by atoms with van der Waals surface area (Å²) >= 11 is 6.30. The average molecular weight is 531 g/mol. The third kappa shape index (κ3) is 4.36. The van der Waals surface area contributed by atoms with Gasteiger partial charge in [-0.3, -0.25) is 4.79 Å². The molecule has 2 N–H and O–H groups in total. The number of halogens is 1. The van der Waals surface area contributed by atoms with Crippen LogP contribution in [0.15, 0.2) is 90.1 Å². The van der Waals surface area contributed by atoms with Crippen molar-refractivity contribution in [1.29, 1.82) is 0 Å². The minimum absolute atomic E-state index is 0.111. The Labute approximate surface area is 220 Å². The van der Waals surface area contributed by atoms with Crippen molar-refractivity contribution >= 4 is 35.0 Å². The van der Waals surface area contributed by atoms with Crippen LogP contribution in [0.4, 0.5) is 0 Å². The second-order valence-electron chi connectivity index (χ2n) is 9.79. The van der Waals surface area contributed by atoms with E-state index in [0.717, 1.165) is 44.2 Å². The van der Waals surface area contributed by atoms with Gasteiger partial charge in [-0.1, -0.05) is 54.1 Å². The molecule has 37 heavy (non-hydrogen) atoms. The molecule has 1 unspecified atom stereocenters. The van der Waals surface area contributed by atoms with Crippen molar-refractivity contribution in [2.24, 2.45) is 19.8 Å².